The number of nitrogens with one attached hydrogen (secondary N) is 2. The Kier molecular flexibility index (Phi) is 8.11. The van der Waals surface area contributed by atoms with Gasteiger partial charge in [0.05, 0.1) is 29.1 Å². The highest BCUT2D eigenvalue weighted by atomic mass is 35.5. The number of carbonyl (C=O) groups is 2. The summed E-state index contributed by atoms with van der Waals surface area (Å²) >= 11 is 6.46. The molecule has 0 aliphatic carbocycles. The molecule has 1 saturated heterocycles. The highest BCUT2D eigenvalue weighted by molar-refractivity contribution is 6.33. The molecule has 2 aliphatic rings. The van der Waals surface area contributed by atoms with Crippen LogP contribution in [0.25, 0.3) is 11.3 Å². The predicted octanol–water partition coefficient (Wildman–Crippen LogP) is 3.97. The van der Waals surface area contributed by atoms with E-state index < -0.39 is 18.2 Å². The lowest BCUT2D eigenvalue weighted by atomic mass is 10.0. The first-order chi connectivity index (χ1) is 18.8. The SMILES string of the molecule is CC(C(=O)N[C@@H](c1ccccc1)[C@H](C)O)N1Cc2ccc(-c3nc(NC4CCOCC4)ncc3Cl)cc2C1=O. The van der Waals surface area contributed by atoms with Crippen molar-refractivity contribution in [3.8, 4) is 11.3 Å². The van der Waals surface area contributed by atoms with Crippen LogP contribution in [0.3, 0.4) is 0 Å². The number of nitrogens with zero attached hydrogens (tertiary/aromatic N) is 3. The number of hydrogen-bond acceptors (Lipinski definition) is 7. The summed E-state index contributed by atoms with van der Waals surface area (Å²) < 4.78 is 5.42. The number of anilines is 1. The van der Waals surface area contributed by atoms with Crippen LogP contribution in [0.5, 0.6) is 0 Å². The van der Waals surface area contributed by atoms with Gasteiger partial charge in [-0.2, -0.15) is 0 Å². The Balaban J connectivity index is 1.32. The number of rotatable bonds is 8. The Morgan fingerprint density at radius 1 is 1.15 bits per heavy atom. The van der Waals surface area contributed by atoms with E-state index in [0.29, 0.717) is 47.6 Å². The zero-order valence-corrected chi connectivity index (χ0v) is 22.7. The minimum Gasteiger partial charge on any atom is -0.391 e. The van der Waals surface area contributed by atoms with Gasteiger partial charge in [-0.15, -0.1) is 0 Å². The Labute approximate surface area is 232 Å². The maximum Gasteiger partial charge on any atom is 0.255 e. The highest BCUT2D eigenvalue weighted by Gasteiger charge is 2.35. The van der Waals surface area contributed by atoms with E-state index in [4.69, 9.17) is 16.3 Å². The quantitative estimate of drug-likeness (QED) is 0.389. The van der Waals surface area contributed by atoms with Crippen LogP contribution in [0.2, 0.25) is 5.02 Å². The average Bonchev–Trinajstić information content (AvgIpc) is 3.28. The van der Waals surface area contributed by atoms with Crippen molar-refractivity contribution in [1.82, 2.24) is 20.2 Å². The highest BCUT2D eigenvalue weighted by Crippen LogP contribution is 2.32. The van der Waals surface area contributed by atoms with Crippen molar-refractivity contribution in [3.63, 3.8) is 0 Å². The molecule has 39 heavy (non-hydrogen) atoms. The number of benzene rings is 2. The minimum absolute atomic E-state index is 0.228. The molecule has 0 bridgehead atoms. The van der Waals surface area contributed by atoms with Gasteiger partial charge in [0.25, 0.3) is 5.91 Å². The summed E-state index contributed by atoms with van der Waals surface area (Å²) in [5, 5.41) is 16.9. The van der Waals surface area contributed by atoms with Crippen LogP contribution in [0.15, 0.2) is 54.7 Å². The van der Waals surface area contributed by atoms with Gasteiger partial charge in [0.1, 0.15) is 6.04 Å². The van der Waals surface area contributed by atoms with Gasteiger partial charge in [-0.05, 0) is 43.9 Å². The van der Waals surface area contributed by atoms with Gasteiger partial charge in [-0.1, -0.05) is 54.1 Å². The summed E-state index contributed by atoms with van der Waals surface area (Å²) in [6.45, 7) is 5.03. The molecule has 1 fully saturated rings. The first-order valence-electron chi connectivity index (χ1n) is 13.2. The predicted molar refractivity (Wildman–Crippen MR) is 148 cm³/mol. The van der Waals surface area contributed by atoms with Gasteiger partial charge >= 0.3 is 0 Å². The Bertz CT molecular complexity index is 1350. The third-order valence-electron chi connectivity index (χ3n) is 7.30. The van der Waals surface area contributed by atoms with Crippen LogP contribution in [-0.4, -0.2) is 63.2 Å². The molecule has 0 radical (unpaired) electrons. The van der Waals surface area contributed by atoms with Gasteiger partial charge < -0.3 is 25.4 Å². The molecular weight excluding hydrogens is 518 g/mol. The molecule has 3 atom stereocenters. The number of fused-ring (bicyclic) bond motifs is 1. The molecule has 3 N–H and O–H groups in total. The molecule has 5 rings (SSSR count). The molecule has 3 aromatic rings. The number of aliphatic hydroxyl groups is 1. The number of carbonyl (C=O) groups excluding carboxylic acids is 2. The Hall–Kier alpha value is -3.53. The van der Waals surface area contributed by atoms with E-state index in [1.165, 1.54) is 4.90 Å². The van der Waals surface area contributed by atoms with Crippen molar-refractivity contribution in [3.05, 3.63) is 76.4 Å². The molecule has 2 amide bonds. The van der Waals surface area contributed by atoms with Crippen molar-refractivity contribution in [2.75, 3.05) is 18.5 Å². The molecule has 204 valence electrons. The Morgan fingerprint density at radius 3 is 2.62 bits per heavy atom. The maximum atomic E-state index is 13.4. The van der Waals surface area contributed by atoms with E-state index in [9.17, 15) is 14.7 Å². The molecule has 2 aromatic carbocycles. The van der Waals surface area contributed by atoms with Crippen molar-refractivity contribution >= 4 is 29.4 Å². The van der Waals surface area contributed by atoms with Gasteiger partial charge in [0.2, 0.25) is 11.9 Å². The zero-order chi connectivity index (χ0) is 27.5. The lowest BCUT2D eigenvalue weighted by molar-refractivity contribution is -0.126. The molecule has 9 nitrogen and oxygen atoms in total. The van der Waals surface area contributed by atoms with Gasteiger partial charge in [0.15, 0.2) is 0 Å². The van der Waals surface area contributed by atoms with Crippen molar-refractivity contribution in [1.29, 1.82) is 0 Å². The smallest absolute Gasteiger partial charge is 0.255 e. The van der Waals surface area contributed by atoms with Crippen molar-refractivity contribution in [2.24, 2.45) is 0 Å². The standard InChI is InChI=1S/C29H32ClN5O4/c1-17(27(37)33-25(18(2)36)19-6-4-3-5-7-19)35-16-21-9-8-20(14-23(21)28(35)38)26-24(30)15-31-29(34-26)32-22-10-12-39-13-11-22/h3-9,14-15,17-18,22,25,36H,10-13,16H2,1-2H3,(H,33,37)(H,31,32,34)/t17?,18-,25+/m0/s1. The van der Waals surface area contributed by atoms with E-state index in [0.717, 1.165) is 24.0 Å². The van der Waals surface area contributed by atoms with Crippen LogP contribution in [0.1, 0.15) is 54.2 Å². The summed E-state index contributed by atoms with van der Waals surface area (Å²) in [5.74, 6) is -0.103. The number of amides is 2. The first-order valence-corrected chi connectivity index (χ1v) is 13.5. The van der Waals surface area contributed by atoms with Gasteiger partial charge in [-0.25, -0.2) is 9.97 Å². The number of ether oxygens (including phenoxy) is 1. The summed E-state index contributed by atoms with van der Waals surface area (Å²) in [5.41, 5.74) is 3.35. The fourth-order valence-electron chi connectivity index (χ4n) is 5.01. The summed E-state index contributed by atoms with van der Waals surface area (Å²) in [7, 11) is 0. The summed E-state index contributed by atoms with van der Waals surface area (Å²) in [6.07, 6.45) is 2.50. The van der Waals surface area contributed by atoms with E-state index in [2.05, 4.69) is 20.6 Å². The number of aromatic nitrogens is 2. The van der Waals surface area contributed by atoms with Crippen molar-refractivity contribution < 1.29 is 19.4 Å². The van der Waals surface area contributed by atoms with Gasteiger partial charge in [-0.3, -0.25) is 9.59 Å². The molecule has 0 saturated carbocycles. The lowest BCUT2D eigenvalue weighted by Gasteiger charge is -2.28. The zero-order valence-electron chi connectivity index (χ0n) is 21.9. The average molecular weight is 550 g/mol. The van der Waals surface area contributed by atoms with Crippen LogP contribution in [-0.2, 0) is 16.1 Å². The second-order valence-corrected chi connectivity index (χ2v) is 10.4. The summed E-state index contributed by atoms with van der Waals surface area (Å²) in [4.78, 5) is 37.1. The largest absolute Gasteiger partial charge is 0.391 e. The molecule has 1 aromatic heterocycles. The normalized spacial score (nSPS) is 17.8. The molecule has 10 heteroatoms. The van der Waals surface area contributed by atoms with Crippen molar-refractivity contribution in [2.45, 2.75) is 57.5 Å². The topological polar surface area (TPSA) is 117 Å². The van der Waals surface area contributed by atoms with Crippen LogP contribution in [0.4, 0.5) is 5.95 Å². The second kappa shape index (κ2) is 11.7. The number of aliphatic hydroxyl groups excluding tert-OH is 1. The third-order valence-corrected chi connectivity index (χ3v) is 7.58. The fraction of sp³-hybridized carbons (Fsp3) is 0.379. The molecule has 1 unspecified atom stereocenters. The van der Waals surface area contributed by atoms with E-state index in [1.54, 1.807) is 26.1 Å². The molecule has 3 heterocycles. The minimum atomic E-state index is -0.805. The van der Waals surface area contributed by atoms with Crippen LogP contribution in [0, 0.1) is 0 Å². The van der Waals surface area contributed by atoms with E-state index in [-0.39, 0.29) is 17.9 Å². The van der Waals surface area contributed by atoms with Gasteiger partial charge in [0, 0.05) is 36.9 Å². The molecule has 0 spiro atoms. The maximum absolute atomic E-state index is 13.4. The summed E-state index contributed by atoms with van der Waals surface area (Å²) in [6, 6.07) is 13.7. The third kappa shape index (κ3) is 5.90. The Morgan fingerprint density at radius 2 is 1.90 bits per heavy atom. The van der Waals surface area contributed by atoms with Crippen LogP contribution >= 0.6 is 11.6 Å². The lowest BCUT2D eigenvalue weighted by Crippen LogP contribution is -2.47. The van der Waals surface area contributed by atoms with E-state index >= 15 is 0 Å². The number of halogens is 1. The van der Waals surface area contributed by atoms with Crippen LogP contribution < -0.4 is 10.6 Å². The monoisotopic (exact) mass is 549 g/mol. The fourth-order valence-corrected chi connectivity index (χ4v) is 5.21. The number of hydrogen-bond donors (Lipinski definition) is 3. The first kappa shape index (κ1) is 27.1. The molecular formula is C29H32ClN5O4. The molecule has 2 aliphatic heterocycles. The van der Waals surface area contributed by atoms with E-state index in [1.807, 2.05) is 42.5 Å². The second-order valence-electron chi connectivity index (χ2n) is 10.0.